The summed E-state index contributed by atoms with van der Waals surface area (Å²) in [5.41, 5.74) is 0. The van der Waals surface area contributed by atoms with Crippen molar-refractivity contribution in [2.75, 3.05) is 12.3 Å². The average Bonchev–Trinajstić information content (AvgIpc) is 2.51. The van der Waals surface area contributed by atoms with Gasteiger partial charge in [-0.15, -0.1) is 0 Å². The molecule has 1 atom stereocenters. The lowest BCUT2D eigenvalue weighted by atomic mass is 10.3. The second-order valence-electron chi connectivity index (χ2n) is 2.65. The number of hydrogen-bond acceptors (Lipinski definition) is 4. The van der Waals surface area contributed by atoms with Crippen LogP contribution in [-0.4, -0.2) is 35.3 Å². The summed E-state index contributed by atoms with van der Waals surface area (Å²) in [6.07, 6.45) is 1.87. The van der Waals surface area contributed by atoms with E-state index in [2.05, 4.69) is 22.9 Å². The minimum absolute atomic E-state index is 0.286. The van der Waals surface area contributed by atoms with Crippen LogP contribution in [0.25, 0.3) is 0 Å². The molecule has 0 unspecified atom stereocenters. The minimum Gasteiger partial charge on any atom is -0.480 e. The van der Waals surface area contributed by atoms with Crippen molar-refractivity contribution >= 4 is 24.4 Å². The van der Waals surface area contributed by atoms with Crippen LogP contribution in [0.15, 0.2) is 4.99 Å². The van der Waals surface area contributed by atoms with Gasteiger partial charge in [-0.1, -0.05) is 0 Å². The van der Waals surface area contributed by atoms with Crippen molar-refractivity contribution in [2.24, 2.45) is 4.99 Å². The number of rotatable bonds is 3. The summed E-state index contributed by atoms with van der Waals surface area (Å²) in [7, 11) is 0. The van der Waals surface area contributed by atoms with Gasteiger partial charge >= 0.3 is 5.97 Å². The maximum absolute atomic E-state index is 10.6. The smallest absolute Gasteiger partial charge is 0.327 e. The minimum atomic E-state index is -0.875. The first-order chi connectivity index (χ1) is 5.74. The molecule has 1 heterocycles. The van der Waals surface area contributed by atoms with Gasteiger partial charge in [-0.05, 0) is 6.42 Å². The molecule has 5 heteroatoms. The largest absolute Gasteiger partial charge is 0.480 e. The molecule has 0 bridgehead atoms. The Bertz CT molecular complexity index is 206. The molecule has 0 amide bonds. The molecule has 0 spiro atoms. The molecule has 1 aliphatic heterocycles. The molecule has 0 aliphatic carbocycles. The fourth-order valence-corrected chi connectivity index (χ4v) is 1.29. The zero-order valence-electron chi connectivity index (χ0n) is 6.66. The summed E-state index contributed by atoms with van der Waals surface area (Å²) in [5, 5.41) is 11.5. The number of hydrogen-bond donors (Lipinski definition) is 3. The number of nitrogens with one attached hydrogen (secondary N) is 1. The number of carboxylic acid groups (broad SMARTS) is 1. The predicted molar refractivity (Wildman–Crippen MR) is 49.9 cm³/mol. The van der Waals surface area contributed by atoms with Crippen LogP contribution in [0.2, 0.25) is 0 Å². The second kappa shape index (κ2) is 4.35. The summed E-state index contributed by atoms with van der Waals surface area (Å²) in [5.74, 6) is 0.213. The van der Waals surface area contributed by atoms with Crippen LogP contribution in [0.1, 0.15) is 12.8 Å². The number of amidine groups is 1. The summed E-state index contributed by atoms with van der Waals surface area (Å²) < 4.78 is 0. The highest BCUT2D eigenvalue weighted by atomic mass is 32.1. The number of thiol groups is 1. The SMILES string of the molecule is O=C(O)[C@H](CS)NC1=NCCC1. The standard InChI is InChI=1S/C7H12N2O2S/c10-7(11)5(4-12)9-6-2-1-3-8-6/h5,12H,1-4H2,(H,8,9)(H,10,11)/t5-/m0/s1. The molecule has 0 aromatic carbocycles. The molecule has 0 aromatic heterocycles. The number of carbonyl (C=O) groups is 1. The zero-order valence-corrected chi connectivity index (χ0v) is 7.55. The summed E-state index contributed by atoms with van der Waals surface area (Å²) in [4.78, 5) is 14.7. The zero-order chi connectivity index (χ0) is 8.97. The number of carboxylic acids is 1. The topological polar surface area (TPSA) is 61.7 Å². The van der Waals surface area contributed by atoms with Crippen LogP contribution < -0.4 is 5.32 Å². The highest BCUT2D eigenvalue weighted by Gasteiger charge is 2.17. The Morgan fingerprint density at radius 1 is 1.83 bits per heavy atom. The lowest BCUT2D eigenvalue weighted by molar-refractivity contribution is -0.138. The summed E-state index contributed by atoms with van der Waals surface area (Å²) >= 11 is 3.93. The average molecular weight is 188 g/mol. The van der Waals surface area contributed by atoms with Gasteiger partial charge in [0.1, 0.15) is 6.04 Å². The van der Waals surface area contributed by atoms with Gasteiger partial charge < -0.3 is 10.4 Å². The Labute approximate surface area is 76.5 Å². The van der Waals surface area contributed by atoms with Crippen LogP contribution in [0.4, 0.5) is 0 Å². The third-order valence-electron chi connectivity index (χ3n) is 1.70. The molecule has 68 valence electrons. The molecule has 0 aromatic rings. The van der Waals surface area contributed by atoms with E-state index in [4.69, 9.17) is 5.11 Å². The Kier molecular flexibility index (Phi) is 3.40. The van der Waals surface area contributed by atoms with E-state index in [1.54, 1.807) is 0 Å². The van der Waals surface area contributed by atoms with Crippen LogP contribution in [-0.2, 0) is 4.79 Å². The Morgan fingerprint density at radius 3 is 3.00 bits per heavy atom. The highest BCUT2D eigenvalue weighted by molar-refractivity contribution is 7.80. The van der Waals surface area contributed by atoms with Crippen molar-refractivity contribution in [3.8, 4) is 0 Å². The Balaban J connectivity index is 2.41. The van der Waals surface area contributed by atoms with Gasteiger partial charge in [0.05, 0.1) is 5.84 Å². The van der Waals surface area contributed by atoms with E-state index in [1.165, 1.54) is 0 Å². The van der Waals surface area contributed by atoms with Gasteiger partial charge in [0, 0.05) is 18.7 Å². The molecular formula is C7H12N2O2S. The van der Waals surface area contributed by atoms with Gasteiger partial charge in [0.25, 0.3) is 0 Å². The van der Waals surface area contributed by atoms with Gasteiger partial charge in [-0.3, -0.25) is 4.99 Å². The normalized spacial score (nSPS) is 18.6. The van der Waals surface area contributed by atoms with E-state index in [9.17, 15) is 4.79 Å². The van der Waals surface area contributed by atoms with Crippen molar-refractivity contribution in [3.63, 3.8) is 0 Å². The molecule has 0 radical (unpaired) electrons. The maximum Gasteiger partial charge on any atom is 0.327 e. The van der Waals surface area contributed by atoms with E-state index in [0.29, 0.717) is 0 Å². The van der Waals surface area contributed by atoms with Crippen LogP contribution in [0.3, 0.4) is 0 Å². The fourth-order valence-electron chi connectivity index (χ4n) is 1.04. The third-order valence-corrected chi connectivity index (χ3v) is 2.06. The van der Waals surface area contributed by atoms with Crippen molar-refractivity contribution in [2.45, 2.75) is 18.9 Å². The highest BCUT2D eigenvalue weighted by Crippen LogP contribution is 2.02. The third kappa shape index (κ3) is 2.41. The molecule has 0 fully saturated rings. The first kappa shape index (κ1) is 9.38. The van der Waals surface area contributed by atoms with Gasteiger partial charge in [-0.2, -0.15) is 12.6 Å². The van der Waals surface area contributed by atoms with Crippen molar-refractivity contribution < 1.29 is 9.90 Å². The number of aliphatic carboxylic acids is 1. The monoisotopic (exact) mass is 188 g/mol. The predicted octanol–water partition coefficient (Wildman–Crippen LogP) is 0.151. The van der Waals surface area contributed by atoms with Crippen LogP contribution in [0, 0.1) is 0 Å². The van der Waals surface area contributed by atoms with E-state index < -0.39 is 12.0 Å². The first-order valence-corrected chi connectivity index (χ1v) is 4.51. The van der Waals surface area contributed by atoms with Crippen LogP contribution in [0.5, 0.6) is 0 Å². The lowest BCUT2D eigenvalue weighted by Gasteiger charge is -2.12. The fraction of sp³-hybridized carbons (Fsp3) is 0.714. The molecule has 2 N–H and O–H groups in total. The lowest BCUT2D eigenvalue weighted by Crippen LogP contribution is -2.41. The molecule has 1 rings (SSSR count). The summed E-state index contributed by atoms with van der Waals surface area (Å²) in [6, 6.07) is -0.606. The van der Waals surface area contributed by atoms with E-state index in [-0.39, 0.29) is 5.75 Å². The van der Waals surface area contributed by atoms with E-state index in [0.717, 1.165) is 25.2 Å². The summed E-state index contributed by atoms with van der Waals surface area (Å²) in [6.45, 7) is 0.807. The molecule has 0 saturated heterocycles. The van der Waals surface area contributed by atoms with Gasteiger partial charge in [0.2, 0.25) is 0 Å². The number of aliphatic imine (C=N–C) groups is 1. The van der Waals surface area contributed by atoms with E-state index in [1.807, 2.05) is 0 Å². The van der Waals surface area contributed by atoms with Crippen molar-refractivity contribution in [1.29, 1.82) is 0 Å². The molecule has 1 aliphatic rings. The molecule has 4 nitrogen and oxygen atoms in total. The maximum atomic E-state index is 10.6. The van der Waals surface area contributed by atoms with E-state index >= 15 is 0 Å². The van der Waals surface area contributed by atoms with Gasteiger partial charge in [0.15, 0.2) is 0 Å². The molecular weight excluding hydrogens is 176 g/mol. The Hall–Kier alpha value is -0.710. The van der Waals surface area contributed by atoms with Crippen molar-refractivity contribution in [3.05, 3.63) is 0 Å². The van der Waals surface area contributed by atoms with Crippen molar-refractivity contribution in [1.82, 2.24) is 5.32 Å². The number of nitrogens with zero attached hydrogens (tertiary/aromatic N) is 1. The van der Waals surface area contributed by atoms with Gasteiger partial charge in [-0.25, -0.2) is 4.79 Å². The second-order valence-corrected chi connectivity index (χ2v) is 3.01. The molecule has 0 saturated carbocycles. The quantitative estimate of drug-likeness (QED) is 0.552. The Morgan fingerprint density at radius 2 is 2.58 bits per heavy atom. The first-order valence-electron chi connectivity index (χ1n) is 3.87. The molecule has 12 heavy (non-hydrogen) atoms. The van der Waals surface area contributed by atoms with Crippen LogP contribution >= 0.6 is 12.6 Å².